The highest BCUT2D eigenvalue weighted by atomic mass is 32.2. The number of piperazine rings is 1. The maximum absolute atomic E-state index is 14.1. The molecular formula is C26H25F4N3O7S. The molecule has 0 radical (unpaired) electrons. The molecule has 41 heavy (non-hydrogen) atoms. The Balaban J connectivity index is 0.000000587. The van der Waals surface area contributed by atoms with E-state index < -0.39 is 28.1 Å². The Kier molecular flexibility index (Phi) is 9.65. The van der Waals surface area contributed by atoms with E-state index in [-0.39, 0.29) is 22.0 Å². The molecule has 0 aromatic heterocycles. The normalized spacial score (nSPS) is 13.6. The molecule has 15 heteroatoms. The van der Waals surface area contributed by atoms with E-state index in [1.165, 1.54) is 49.6 Å². The van der Waals surface area contributed by atoms with Crippen molar-refractivity contribution in [3.63, 3.8) is 0 Å². The van der Waals surface area contributed by atoms with Gasteiger partial charge < -0.3 is 24.7 Å². The lowest BCUT2D eigenvalue weighted by molar-refractivity contribution is -0.192. The number of alkyl halides is 3. The first-order valence-electron chi connectivity index (χ1n) is 11.8. The van der Waals surface area contributed by atoms with Crippen molar-refractivity contribution in [1.29, 1.82) is 0 Å². The molecule has 0 aliphatic carbocycles. The molecule has 1 saturated heterocycles. The van der Waals surface area contributed by atoms with E-state index in [4.69, 9.17) is 14.6 Å². The second-order valence-corrected chi connectivity index (χ2v) is 10.2. The van der Waals surface area contributed by atoms with Crippen LogP contribution in [-0.4, -0.2) is 70.0 Å². The third-order valence-corrected chi connectivity index (χ3v) is 7.31. The summed E-state index contributed by atoms with van der Waals surface area (Å²) in [7, 11) is -2.52. The number of benzene rings is 3. The fourth-order valence-corrected chi connectivity index (χ4v) is 4.95. The molecule has 10 nitrogen and oxygen atoms in total. The number of para-hydroxylation sites is 1. The quantitative estimate of drug-likeness (QED) is 0.340. The van der Waals surface area contributed by atoms with Crippen molar-refractivity contribution in [2.24, 2.45) is 0 Å². The second-order valence-electron chi connectivity index (χ2n) is 8.54. The fourth-order valence-electron chi connectivity index (χ4n) is 3.87. The van der Waals surface area contributed by atoms with Crippen LogP contribution in [-0.2, 0) is 14.8 Å². The van der Waals surface area contributed by atoms with Gasteiger partial charge in [0.15, 0.2) is 0 Å². The first-order chi connectivity index (χ1) is 19.2. The van der Waals surface area contributed by atoms with Crippen molar-refractivity contribution in [1.82, 2.24) is 0 Å². The number of hydrogen-bond donors (Lipinski definition) is 3. The number of ether oxygens (including phenoxy) is 1. The average molecular weight is 600 g/mol. The van der Waals surface area contributed by atoms with E-state index in [2.05, 4.69) is 4.72 Å². The summed E-state index contributed by atoms with van der Waals surface area (Å²) in [6.45, 7) is 2.25. The van der Waals surface area contributed by atoms with Crippen molar-refractivity contribution in [3.05, 3.63) is 78.1 Å². The number of methoxy groups -OCH3 is 1. The Labute approximate surface area is 232 Å². The minimum atomic E-state index is -5.08. The third-order valence-electron chi connectivity index (χ3n) is 5.93. The van der Waals surface area contributed by atoms with Gasteiger partial charge in [0.2, 0.25) is 0 Å². The maximum atomic E-state index is 14.1. The summed E-state index contributed by atoms with van der Waals surface area (Å²) in [5.41, 5.74) is 0.998. The van der Waals surface area contributed by atoms with Crippen molar-refractivity contribution in [2.75, 3.05) is 47.8 Å². The first kappa shape index (κ1) is 31.0. The van der Waals surface area contributed by atoms with E-state index >= 15 is 0 Å². The maximum Gasteiger partial charge on any atom is 0.490 e. The number of aliphatic carboxylic acids is 1. The van der Waals surface area contributed by atoms with Crippen LogP contribution < -0.4 is 19.3 Å². The molecule has 3 aromatic carbocycles. The second kappa shape index (κ2) is 12.8. The van der Waals surface area contributed by atoms with Crippen LogP contribution in [0.1, 0.15) is 10.4 Å². The van der Waals surface area contributed by atoms with Gasteiger partial charge in [-0.2, -0.15) is 13.2 Å². The van der Waals surface area contributed by atoms with Crippen LogP contribution in [0, 0.1) is 5.82 Å². The Morgan fingerprint density at radius 1 is 0.902 bits per heavy atom. The molecule has 1 fully saturated rings. The van der Waals surface area contributed by atoms with Crippen LogP contribution in [0.2, 0.25) is 0 Å². The molecule has 0 amide bonds. The van der Waals surface area contributed by atoms with Crippen molar-refractivity contribution >= 4 is 39.0 Å². The summed E-state index contributed by atoms with van der Waals surface area (Å²) in [5.74, 6) is -3.78. The molecule has 0 spiro atoms. The highest BCUT2D eigenvalue weighted by molar-refractivity contribution is 7.92. The smallest absolute Gasteiger partial charge is 0.490 e. The van der Waals surface area contributed by atoms with E-state index in [1.807, 2.05) is 9.80 Å². The summed E-state index contributed by atoms with van der Waals surface area (Å²) in [6, 6.07) is 16.9. The number of nitrogens with one attached hydrogen (secondary N) is 1. The number of carboxylic acid groups (broad SMARTS) is 2. The van der Waals surface area contributed by atoms with Gasteiger partial charge in [-0.05, 0) is 54.6 Å². The highest BCUT2D eigenvalue weighted by Crippen LogP contribution is 2.28. The van der Waals surface area contributed by atoms with Crippen LogP contribution in [0.25, 0.3) is 0 Å². The summed E-state index contributed by atoms with van der Waals surface area (Å²) in [5, 5.41) is 16.9. The van der Waals surface area contributed by atoms with Gasteiger partial charge in [0.1, 0.15) is 11.6 Å². The largest absolute Gasteiger partial charge is 0.497 e. The zero-order chi connectivity index (χ0) is 30.4. The Hall–Kier alpha value is -4.53. The number of halogens is 4. The minimum Gasteiger partial charge on any atom is -0.497 e. The van der Waals surface area contributed by atoms with Gasteiger partial charge in [0.25, 0.3) is 10.0 Å². The Morgan fingerprint density at radius 2 is 1.46 bits per heavy atom. The summed E-state index contributed by atoms with van der Waals surface area (Å²) in [6.07, 6.45) is -5.08. The van der Waals surface area contributed by atoms with E-state index in [0.29, 0.717) is 43.3 Å². The summed E-state index contributed by atoms with van der Waals surface area (Å²) < 4.78 is 78.8. The molecule has 0 unspecified atom stereocenters. The average Bonchev–Trinajstić information content (AvgIpc) is 2.93. The predicted molar refractivity (Wildman–Crippen MR) is 142 cm³/mol. The zero-order valence-corrected chi connectivity index (χ0v) is 22.2. The Morgan fingerprint density at radius 3 is 1.98 bits per heavy atom. The highest BCUT2D eigenvalue weighted by Gasteiger charge is 2.38. The summed E-state index contributed by atoms with van der Waals surface area (Å²) >= 11 is 0. The SMILES string of the molecule is COc1ccc(S(=O)(=O)Nc2ccc(N3CCN(c4ccccc4F)CC3)cc2C(=O)O)cc1.O=C(O)C(F)(F)F. The lowest BCUT2D eigenvalue weighted by Crippen LogP contribution is -2.46. The van der Waals surface area contributed by atoms with Crippen LogP contribution in [0.5, 0.6) is 5.75 Å². The molecule has 3 N–H and O–H groups in total. The number of carboxylic acids is 2. The molecule has 1 aliphatic rings. The molecular weight excluding hydrogens is 574 g/mol. The van der Waals surface area contributed by atoms with Gasteiger partial charge in [0.05, 0.1) is 28.9 Å². The molecule has 0 bridgehead atoms. The number of sulfonamides is 1. The van der Waals surface area contributed by atoms with E-state index in [1.54, 1.807) is 24.3 Å². The zero-order valence-electron chi connectivity index (χ0n) is 21.4. The van der Waals surface area contributed by atoms with Crippen LogP contribution in [0.15, 0.2) is 71.6 Å². The van der Waals surface area contributed by atoms with E-state index in [9.17, 15) is 35.9 Å². The van der Waals surface area contributed by atoms with Crippen LogP contribution >= 0.6 is 0 Å². The molecule has 3 aromatic rings. The molecule has 4 rings (SSSR count). The topological polar surface area (TPSA) is 136 Å². The number of carbonyl (C=O) groups is 2. The molecule has 0 atom stereocenters. The number of rotatable bonds is 7. The van der Waals surface area contributed by atoms with Crippen molar-refractivity contribution < 1.29 is 50.5 Å². The third kappa shape index (κ3) is 8.00. The van der Waals surface area contributed by atoms with Gasteiger partial charge in [0, 0.05) is 31.9 Å². The number of nitrogens with zero attached hydrogens (tertiary/aromatic N) is 2. The molecule has 1 aliphatic heterocycles. The van der Waals surface area contributed by atoms with Gasteiger partial charge in [-0.1, -0.05) is 12.1 Å². The lowest BCUT2D eigenvalue weighted by Gasteiger charge is -2.37. The lowest BCUT2D eigenvalue weighted by atomic mass is 10.1. The predicted octanol–water partition coefficient (Wildman–Crippen LogP) is 4.29. The number of hydrogen-bond acceptors (Lipinski definition) is 7. The van der Waals surface area contributed by atoms with Crippen molar-refractivity contribution in [2.45, 2.75) is 11.1 Å². The standard InChI is InChI=1S/C24H24FN3O5S.C2HF3O2/c1-33-18-7-9-19(10-8-18)34(31,32)26-22-11-6-17(16-20(22)24(29)30)27-12-14-28(15-13-27)23-5-3-2-4-21(23)25;3-2(4,5)1(6)7/h2-11,16,26H,12-15H2,1H3,(H,29,30);(H,6,7). The van der Waals surface area contributed by atoms with E-state index in [0.717, 1.165) is 0 Å². The van der Waals surface area contributed by atoms with Crippen molar-refractivity contribution in [3.8, 4) is 5.75 Å². The molecule has 220 valence electrons. The molecule has 1 heterocycles. The molecule has 0 saturated carbocycles. The Bertz CT molecular complexity index is 1490. The van der Waals surface area contributed by atoms with Gasteiger partial charge in [-0.25, -0.2) is 22.4 Å². The van der Waals surface area contributed by atoms with Gasteiger partial charge in [-0.3, -0.25) is 4.72 Å². The van der Waals surface area contributed by atoms with Gasteiger partial charge in [-0.15, -0.1) is 0 Å². The van der Waals surface area contributed by atoms with Gasteiger partial charge >= 0.3 is 18.1 Å². The van der Waals surface area contributed by atoms with Crippen LogP contribution in [0.4, 0.5) is 34.6 Å². The fraction of sp³-hybridized carbons (Fsp3) is 0.231. The summed E-state index contributed by atoms with van der Waals surface area (Å²) in [4.78, 5) is 24.7. The number of aromatic carboxylic acids is 1. The monoisotopic (exact) mass is 599 g/mol. The van der Waals surface area contributed by atoms with Crippen LogP contribution in [0.3, 0.4) is 0 Å². The first-order valence-corrected chi connectivity index (χ1v) is 13.3. The minimum absolute atomic E-state index is 0.0158. The number of anilines is 3.